The smallest absolute Gasteiger partial charge is 0.220 e. The van der Waals surface area contributed by atoms with Gasteiger partial charge in [-0.25, -0.2) is 4.98 Å². The predicted octanol–water partition coefficient (Wildman–Crippen LogP) is 6.75. The zero-order chi connectivity index (χ0) is 36.4. The predicted molar refractivity (Wildman–Crippen MR) is 206 cm³/mol. The molecule has 2 fully saturated rings. The van der Waals surface area contributed by atoms with Crippen LogP contribution < -0.4 is 20.7 Å². The number of amides is 2. The number of nitrogens with zero attached hydrogens (tertiary/aromatic N) is 4. The Kier molecular flexibility index (Phi) is 10.8. The Morgan fingerprint density at radius 1 is 0.981 bits per heavy atom. The molecule has 12 heteroatoms. The van der Waals surface area contributed by atoms with Gasteiger partial charge in [-0.2, -0.15) is 0 Å². The van der Waals surface area contributed by atoms with Gasteiger partial charge in [0.25, 0.3) is 0 Å². The van der Waals surface area contributed by atoms with Crippen molar-refractivity contribution < 1.29 is 14.3 Å². The van der Waals surface area contributed by atoms with E-state index in [-0.39, 0.29) is 17.9 Å². The molecule has 2 aliphatic heterocycles. The van der Waals surface area contributed by atoms with Crippen molar-refractivity contribution in [2.45, 2.75) is 57.8 Å². The molecule has 3 aromatic heterocycles. The summed E-state index contributed by atoms with van der Waals surface area (Å²) >= 11 is 14.3. The van der Waals surface area contributed by atoms with Gasteiger partial charge in [0.1, 0.15) is 11.4 Å². The summed E-state index contributed by atoms with van der Waals surface area (Å²) in [5.41, 5.74) is 7.64. The number of hydrogen-bond donors (Lipinski definition) is 3. The highest BCUT2D eigenvalue weighted by atomic mass is 35.5. The third kappa shape index (κ3) is 7.52. The van der Waals surface area contributed by atoms with Crippen molar-refractivity contribution in [3.63, 3.8) is 0 Å². The number of benzene rings is 2. The molecule has 5 heterocycles. The van der Waals surface area contributed by atoms with Crippen LogP contribution in [-0.4, -0.2) is 70.1 Å². The van der Waals surface area contributed by atoms with E-state index in [1.165, 1.54) is 5.56 Å². The average molecular weight is 741 g/mol. The van der Waals surface area contributed by atoms with Crippen LogP contribution in [0.2, 0.25) is 10.0 Å². The molecule has 3 N–H and O–H groups in total. The van der Waals surface area contributed by atoms with Gasteiger partial charge in [-0.3, -0.25) is 14.6 Å². The van der Waals surface area contributed by atoms with Crippen molar-refractivity contribution in [3.05, 3.63) is 88.2 Å². The summed E-state index contributed by atoms with van der Waals surface area (Å²) in [6.07, 6.45) is 7.20. The summed E-state index contributed by atoms with van der Waals surface area (Å²) in [4.78, 5) is 34.9. The van der Waals surface area contributed by atoms with Crippen molar-refractivity contribution in [1.82, 2.24) is 35.4 Å². The number of rotatable bonds is 11. The SMILES string of the molecule is COc1cc(-c2nccc(-c3cccc(-c4ccc5c(CNC6CCN(C(C)=O)CC6)cn(C)c5n4)c3Cl)c2Cl)ccc1CNCC1CCC(=O)N1. The first-order chi connectivity index (χ1) is 25.2. The van der Waals surface area contributed by atoms with E-state index >= 15 is 0 Å². The fourth-order valence-electron chi connectivity index (χ4n) is 7.32. The topological polar surface area (TPSA) is 113 Å². The van der Waals surface area contributed by atoms with E-state index in [9.17, 15) is 9.59 Å². The first kappa shape index (κ1) is 35.9. The molecule has 2 amide bonds. The number of methoxy groups -OCH3 is 1. The van der Waals surface area contributed by atoms with Gasteiger partial charge < -0.3 is 30.2 Å². The van der Waals surface area contributed by atoms with E-state index < -0.39 is 0 Å². The number of hydrogen-bond acceptors (Lipinski definition) is 7. The van der Waals surface area contributed by atoms with Crippen molar-refractivity contribution in [2.75, 3.05) is 26.7 Å². The van der Waals surface area contributed by atoms with E-state index in [0.29, 0.717) is 41.3 Å². The van der Waals surface area contributed by atoms with Gasteiger partial charge in [-0.05, 0) is 49.1 Å². The second-order valence-corrected chi connectivity index (χ2v) is 14.4. The number of aryl methyl sites for hydroxylation is 1. The lowest BCUT2D eigenvalue weighted by Crippen LogP contribution is -2.43. The molecule has 52 heavy (non-hydrogen) atoms. The number of ether oxygens (including phenoxy) is 1. The van der Waals surface area contributed by atoms with Crippen LogP contribution in [0.15, 0.2) is 67.0 Å². The average Bonchev–Trinajstić information content (AvgIpc) is 3.72. The largest absolute Gasteiger partial charge is 0.496 e. The molecule has 10 nitrogen and oxygen atoms in total. The number of nitrogens with one attached hydrogen (secondary N) is 3. The van der Waals surface area contributed by atoms with Crippen molar-refractivity contribution in [2.24, 2.45) is 7.05 Å². The number of aromatic nitrogens is 3. The summed E-state index contributed by atoms with van der Waals surface area (Å²) in [6.45, 7) is 5.26. The van der Waals surface area contributed by atoms with Gasteiger partial charge in [0.15, 0.2) is 0 Å². The second kappa shape index (κ2) is 15.6. The summed E-state index contributed by atoms with van der Waals surface area (Å²) in [5, 5.41) is 12.2. The van der Waals surface area contributed by atoms with Crippen LogP contribution >= 0.6 is 23.2 Å². The molecule has 0 aliphatic carbocycles. The van der Waals surface area contributed by atoms with E-state index in [1.54, 1.807) is 20.2 Å². The van der Waals surface area contributed by atoms with Gasteiger partial charge in [0.2, 0.25) is 11.8 Å². The quantitative estimate of drug-likeness (QED) is 0.137. The Morgan fingerprint density at radius 2 is 1.77 bits per heavy atom. The highest BCUT2D eigenvalue weighted by Gasteiger charge is 2.23. The van der Waals surface area contributed by atoms with Crippen LogP contribution in [0, 0.1) is 0 Å². The minimum absolute atomic E-state index is 0.108. The van der Waals surface area contributed by atoms with Gasteiger partial charge in [0, 0.05) is 111 Å². The van der Waals surface area contributed by atoms with E-state index in [0.717, 1.165) is 89.2 Å². The molecule has 1 unspecified atom stereocenters. The highest BCUT2D eigenvalue weighted by molar-refractivity contribution is 6.39. The lowest BCUT2D eigenvalue weighted by atomic mass is 9.99. The zero-order valence-corrected chi connectivity index (χ0v) is 31.2. The van der Waals surface area contributed by atoms with Gasteiger partial charge in [-0.15, -0.1) is 0 Å². The van der Waals surface area contributed by atoms with Gasteiger partial charge >= 0.3 is 0 Å². The van der Waals surface area contributed by atoms with Crippen LogP contribution in [0.25, 0.3) is 44.7 Å². The maximum Gasteiger partial charge on any atom is 0.220 e. The van der Waals surface area contributed by atoms with Gasteiger partial charge in [-0.1, -0.05) is 53.5 Å². The summed E-state index contributed by atoms with van der Waals surface area (Å²) in [5.74, 6) is 0.978. The lowest BCUT2D eigenvalue weighted by molar-refractivity contribution is -0.130. The molecule has 0 saturated carbocycles. The van der Waals surface area contributed by atoms with Crippen molar-refractivity contribution in [3.8, 4) is 39.4 Å². The standard InChI is InChI=1S/C40H43Cl2N7O3/c1-24(50)49-17-14-28(15-18-49)45-21-27-23-48(2)40-30(27)10-11-34(47-40)33-6-4-5-31(37(33)41)32-13-16-44-39(38(32)42)25-7-8-26(35(19-25)52-3)20-43-22-29-9-12-36(51)46-29/h4-8,10-11,13,16,19,23,28-29,43,45H,9,12,14-15,17-18,20-22H2,1-3H3,(H,46,51). The molecular weight excluding hydrogens is 697 g/mol. The number of carbonyl (C=O) groups is 2. The number of fused-ring (bicyclic) bond motifs is 1. The number of carbonyl (C=O) groups excluding carboxylic acids is 2. The zero-order valence-electron chi connectivity index (χ0n) is 29.6. The molecule has 1 atom stereocenters. The molecule has 270 valence electrons. The molecule has 2 saturated heterocycles. The fourth-order valence-corrected chi connectivity index (χ4v) is 7.96. The van der Waals surface area contributed by atoms with Crippen LogP contribution in [0.3, 0.4) is 0 Å². The minimum atomic E-state index is 0.108. The molecule has 7 rings (SSSR count). The maximum absolute atomic E-state index is 11.7. The Hall–Kier alpha value is -4.48. The van der Waals surface area contributed by atoms with E-state index in [2.05, 4.69) is 37.8 Å². The lowest BCUT2D eigenvalue weighted by Gasteiger charge is -2.31. The molecule has 2 aliphatic rings. The van der Waals surface area contributed by atoms with Crippen molar-refractivity contribution in [1.29, 1.82) is 0 Å². The third-order valence-electron chi connectivity index (χ3n) is 10.2. The van der Waals surface area contributed by atoms with E-state index in [1.807, 2.05) is 60.5 Å². The number of piperidine rings is 1. The van der Waals surface area contributed by atoms with E-state index in [4.69, 9.17) is 32.9 Å². The van der Waals surface area contributed by atoms with Crippen LogP contribution in [0.4, 0.5) is 0 Å². The summed E-state index contributed by atoms with van der Waals surface area (Å²) in [6, 6.07) is 18.4. The number of pyridine rings is 2. The molecule has 2 aromatic carbocycles. The highest BCUT2D eigenvalue weighted by Crippen LogP contribution is 2.42. The molecule has 0 radical (unpaired) electrons. The number of halogens is 2. The molecule has 0 spiro atoms. The first-order valence-corrected chi connectivity index (χ1v) is 18.5. The van der Waals surface area contributed by atoms with Crippen molar-refractivity contribution >= 4 is 46.0 Å². The summed E-state index contributed by atoms with van der Waals surface area (Å²) in [7, 11) is 3.66. The molecule has 0 bridgehead atoms. The Balaban J connectivity index is 1.10. The maximum atomic E-state index is 11.7. The Labute approximate surface area is 313 Å². The van der Waals surface area contributed by atoms with Crippen LogP contribution in [0.5, 0.6) is 5.75 Å². The summed E-state index contributed by atoms with van der Waals surface area (Å²) < 4.78 is 7.81. The first-order valence-electron chi connectivity index (χ1n) is 17.7. The Morgan fingerprint density at radius 3 is 2.52 bits per heavy atom. The van der Waals surface area contributed by atoms with Crippen LogP contribution in [0.1, 0.15) is 43.7 Å². The van der Waals surface area contributed by atoms with Gasteiger partial charge in [0.05, 0.1) is 28.5 Å². The van der Waals surface area contributed by atoms with Crippen LogP contribution in [-0.2, 0) is 29.7 Å². The molecule has 5 aromatic rings. The second-order valence-electron chi connectivity index (χ2n) is 13.6. The molecular formula is C40H43Cl2N7O3. The third-order valence-corrected chi connectivity index (χ3v) is 11.0. The normalized spacial score (nSPS) is 16.4. The minimum Gasteiger partial charge on any atom is -0.496 e. The number of likely N-dealkylation sites (tertiary alicyclic amines) is 1. The monoisotopic (exact) mass is 739 g/mol. The fraction of sp³-hybridized carbons (Fsp3) is 0.350. The Bertz CT molecular complexity index is 2130.